The van der Waals surface area contributed by atoms with Crippen molar-refractivity contribution in [3.8, 4) is 0 Å². The molecule has 1 heterocycles. The summed E-state index contributed by atoms with van der Waals surface area (Å²) in [4.78, 5) is 16.1. The van der Waals surface area contributed by atoms with E-state index in [9.17, 15) is 4.79 Å². The largest absolute Gasteiger partial charge is 0.338 e. The van der Waals surface area contributed by atoms with Gasteiger partial charge in [0.1, 0.15) is 0 Å². The van der Waals surface area contributed by atoms with Gasteiger partial charge in [-0.25, -0.2) is 0 Å². The summed E-state index contributed by atoms with van der Waals surface area (Å²) in [6.45, 7) is 0.774. The zero-order valence-corrected chi connectivity index (χ0v) is 10.4. The Morgan fingerprint density at radius 2 is 1.88 bits per heavy atom. The molecule has 0 bridgehead atoms. The lowest BCUT2D eigenvalue weighted by Gasteiger charge is -2.37. The number of carbonyl (C=O) groups is 1. The lowest BCUT2D eigenvalue weighted by molar-refractivity contribution is -0.130. The van der Waals surface area contributed by atoms with Crippen LogP contribution in [0.4, 0.5) is 0 Å². The molecule has 1 aliphatic carbocycles. The second-order valence-corrected chi connectivity index (χ2v) is 5.44. The Morgan fingerprint density at radius 3 is 2.31 bits per heavy atom. The fourth-order valence-electron chi connectivity index (χ4n) is 3.00. The second-order valence-electron chi connectivity index (χ2n) is 5.44. The molecule has 1 saturated carbocycles. The van der Waals surface area contributed by atoms with Crippen LogP contribution in [0.1, 0.15) is 32.1 Å². The molecular weight excluding hydrogens is 202 g/mol. The van der Waals surface area contributed by atoms with Crippen LogP contribution in [-0.4, -0.2) is 54.5 Å². The first-order valence-corrected chi connectivity index (χ1v) is 6.29. The monoisotopic (exact) mass is 225 g/mol. The van der Waals surface area contributed by atoms with Crippen molar-refractivity contribution in [2.45, 2.75) is 50.2 Å². The molecule has 1 amide bonds. The predicted molar refractivity (Wildman–Crippen MR) is 64.0 cm³/mol. The highest BCUT2D eigenvalue weighted by molar-refractivity contribution is 5.79. The van der Waals surface area contributed by atoms with Gasteiger partial charge >= 0.3 is 0 Å². The molecular formula is C12H23N3O. The van der Waals surface area contributed by atoms with Gasteiger partial charge in [0.25, 0.3) is 0 Å². The molecule has 1 unspecified atom stereocenters. The highest BCUT2D eigenvalue weighted by Crippen LogP contribution is 2.27. The van der Waals surface area contributed by atoms with E-state index in [1.807, 2.05) is 4.90 Å². The van der Waals surface area contributed by atoms with Crippen molar-refractivity contribution in [3.63, 3.8) is 0 Å². The number of hydrogen-bond acceptors (Lipinski definition) is 3. The number of nitrogens with zero attached hydrogens (tertiary/aromatic N) is 2. The van der Waals surface area contributed by atoms with Gasteiger partial charge in [0.15, 0.2) is 0 Å². The number of nitrogens with two attached hydrogens (primary N) is 1. The summed E-state index contributed by atoms with van der Waals surface area (Å²) in [6.07, 6.45) is 5.24. The van der Waals surface area contributed by atoms with Gasteiger partial charge in [0, 0.05) is 31.1 Å². The van der Waals surface area contributed by atoms with Gasteiger partial charge in [0.2, 0.25) is 5.91 Å². The number of rotatable bonds is 2. The lowest BCUT2D eigenvalue weighted by Crippen LogP contribution is -2.43. The average Bonchev–Trinajstić information content (AvgIpc) is 2.58. The van der Waals surface area contributed by atoms with Gasteiger partial charge in [-0.3, -0.25) is 4.79 Å². The maximum absolute atomic E-state index is 11.7. The fraction of sp³-hybridized carbons (Fsp3) is 0.917. The Bertz CT molecular complexity index is 259. The van der Waals surface area contributed by atoms with E-state index in [1.54, 1.807) is 0 Å². The standard InChI is InChI=1S/C12H23N3O/c1-14(2)10-3-5-11(6-4-10)15-8-9(13)7-12(15)16/h9-11H,3-8,13H2,1-2H3. The summed E-state index contributed by atoms with van der Waals surface area (Å²) in [6, 6.07) is 1.22. The van der Waals surface area contributed by atoms with Crippen LogP contribution in [0.15, 0.2) is 0 Å². The Labute approximate surface area is 97.8 Å². The minimum Gasteiger partial charge on any atom is -0.338 e. The fourth-order valence-corrected chi connectivity index (χ4v) is 3.00. The highest BCUT2D eigenvalue weighted by Gasteiger charge is 2.34. The van der Waals surface area contributed by atoms with E-state index in [0.29, 0.717) is 18.5 Å². The molecule has 4 heteroatoms. The van der Waals surface area contributed by atoms with Crippen molar-refractivity contribution in [1.82, 2.24) is 9.80 Å². The van der Waals surface area contributed by atoms with Gasteiger partial charge in [-0.1, -0.05) is 0 Å². The molecule has 2 aliphatic rings. The number of amides is 1. The van der Waals surface area contributed by atoms with Crippen LogP contribution in [0.2, 0.25) is 0 Å². The summed E-state index contributed by atoms with van der Waals surface area (Å²) in [5.41, 5.74) is 5.83. The third kappa shape index (κ3) is 2.38. The average molecular weight is 225 g/mol. The van der Waals surface area contributed by atoms with Crippen molar-refractivity contribution < 1.29 is 4.79 Å². The smallest absolute Gasteiger partial charge is 0.224 e. The van der Waals surface area contributed by atoms with Crippen molar-refractivity contribution in [2.24, 2.45) is 5.73 Å². The van der Waals surface area contributed by atoms with Crippen molar-refractivity contribution >= 4 is 5.91 Å². The summed E-state index contributed by atoms with van der Waals surface area (Å²) < 4.78 is 0. The molecule has 2 rings (SSSR count). The third-order valence-electron chi connectivity index (χ3n) is 4.03. The topological polar surface area (TPSA) is 49.6 Å². The zero-order chi connectivity index (χ0) is 11.7. The van der Waals surface area contributed by atoms with Crippen molar-refractivity contribution in [1.29, 1.82) is 0 Å². The van der Waals surface area contributed by atoms with Crippen LogP contribution in [0.25, 0.3) is 0 Å². The minimum atomic E-state index is 0.0686. The highest BCUT2D eigenvalue weighted by atomic mass is 16.2. The number of carbonyl (C=O) groups excluding carboxylic acids is 1. The maximum atomic E-state index is 11.7. The quantitative estimate of drug-likeness (QED) is 0.741. The molecule has 4 nitrogen and oxygen atoms in total. The summed E-state index contributed by atoms with van der Waals surface area (Å²) in [7, 11) is 4.28. The van der Waals surface area contributed by atoms with E-state index >= 15 is 0 Å². The Balaban J connectivity index is 1.87. The van der Waals surface area contributed by atoms with Gasteiger partial charge in [-0.05, 0) is 39.8 Å². The molecule has 16 heavy (non-hydrogen) atoms. The Hall–Kier alpha value is -0.610. The summed E-state index contributed by atoms with van der Waals surface area (Å²) in [5, 5.41) is 0. The normalized spacial score (nSPS) is 36.1. The summed E-state index contributed by atoms with van der Waals surface area (Å²) in [5.74, 6) is 0.265. The SMILES string of the molecule is CN(C)C1CCC(N2CC(N)CC2=O)CC1. The molecule has 0 aromatic heterocycles. The molecule has 1 atom stereocenters. The van der Waals surface area contributed by atoms with E-state index in [4.69, 9.17) is 5.73 Å². The van der Waals surface area contributed by atoms with E-state index in [1.165, 1.54) is 12.8 Å². The van der Waals surface area contributed by atoms with E-state index in [2.05, 4.69) is 19.0 Å². The van der Waals surface area contributed by atoms with Crippen molar-refractivity contribution in [2.75, 3.05) is 20.6 Å². The molecule has 0 aromatic carbocycles. The molecule has 0 spiro atoms. The predicted octanol–water partition coefficient (Wildman–Crippen LogP) is 0.419. The maximum Gasteiger partial charge on any atom is 0.224 e. The molecule has 92 valence electrons. The molecule has 2 fully saturated rings. The van der Waals surface area contributed by atoms with Crippen molar-refractivity contribution in [3.05, 3.63) is 0 Å². The van der Waals surface area contributed by atoms with Crippen LogP contribution < -0.4 is 5.73 Å². The lowest BCUT2D eigenvalue weighted by atomic mass is 9.90. The first-order chi connectivity index (χ1) is 7.58. The first-order valence-electron chi connectivity index (χ1n) is 6.29. The molecule has 1 aliphatic heterocycles. The van der Waals surface area contributed by atoms with Gasteiger partial charge in [-0.15, -0.1) is 0 Å². The van der Waals surface area contributed by atoms with E-state index < -0.39 is 0 Å². The van der Waals surface area contributed by atoms with Crippen LogP contribution in [-0.2, 0) is 4.79 Å². The van der Waals surface area contributed by atoms with E-state index in [-0.39, 0.29) is 11.9 Å². The Morgan fingerprint density at radius 1 is 1.25 bits per heavy atom. The van der Waals surface area contributed by atoms with Crippen LogP contribution in [0, 0.1) is 0 Å². The second kappa shape index (κ2) is 4.72. The van der Waals surface area contributed by atoms with Crippen LogP contribution in [0.3, 0.4) is 0 Å². The zero-order valence-electron chi connectivity index (χ0n) is 10.4. The molecule has 0 aromatic rings. The molecule has 2 N–H and O–H groups in total. The van der Waals surface area contributed by atoms with E-state index in [0.717, 1.165) is 19.4 Å². The van der Waals surface area contributed by atoms with Gasteiger partial charge < -0.3 is 15.5 Å². The van der Waals surface area contributed by atoms with Gasteiger partial charge in [0.05, 0.1) is 0 Å². The van der Waals surface area contributed by atoms with Crippen LogP contribution in [0.5, 0.6) is 0 Å². The number of hydrogen-bond donors (Lipinski definition) is 1. The summed E-state index contributed by atoms with van der Waals surface area (Å²) >= 11 is 0. The molecule has 0 radical (unpaired) electrons. The number of likely N-dealkylation sites (tertiary alicyclic amines) is 1. The third-order valence-corrected chi connectivity index (χ3v) is 4.03. The molecule has 1 saturated heterocycles. The van der Waals surface area contributed by atoms with Crippen LogP contribution >= 0.6 is 0 Å². The minimum absolute atomic E-state index is 0.0686. The van der Waals surface area contributed by atoms with Gasteiger partial charge in [-0.2, -0.15) is 0 Å². The first kappa shape index (κ1) is 11.9. The Kier molecular flexibility index (Phi) is 3.50.